The van der Waals surface area contributed by atoms with E-state index in [0.717, 1.165) is 53.2 Å². The molecule has 1 aliphatic heterocycles. The number of hydrogen-bond donors (Lipinski definition) is 1. The first kappa shape index (κ1) is 20.4. The number of hydrogen-bond acceptors (Lipinski definition) is 6. The van der Waals surface area contributed by atoms with Crippen LogP contribution in [0, 0.1) is 13.8 Å². The van der Waals surface area contributed by atoms with Gasteiger partial charge < -0.3 is 14.6 Å². The third kappa shape index (κ3) is 3.69. The number of ether oxygens (including phenoxy) is 1. The molecule has 4 rings (SSSR count). The zero-order chi connectivity index (χ0) is 20.7. The molecule has 0 aromatic carbocycles. The van der Waals surface area contributed by atoms with E-state index in [1.165, 1.54) is 16.6 Å². The van der Waals surface area contributed by atoms with Gasteiger partial charge in [-0.1, -0.05) is 24.0 Å². The van der Waals surface area contributed by atoms with Crippen LogP contribution in [0.2, 0.25) is 0 Å². The molecular weight excluding hydrogens is 424 g/mol. The molecule has 0 radical (unpaired) electrons. The molecule has 2 aliphatic rings. The van der Waals surface area contributed by atoms with Crippen LogP contribution in [0.5, 0.6) is 0 Å². The molecule has 0 unspecified atom stereocenters. The van der Waals surface area contributed by atoms with E-state index in [4.69, 9.17) is 17.0 Å². The summed E-state index contributed by atoms with van der Waals surface area (Å²) >= 11 is 8.05. The molecular formula is C21H22N2O3S3. The molecule has 0 bridgehead atoms. The molecule has 1 N–H and O–H groups in total. The first-order valence-electron chi connectivity index (χ1n) is 9.66. The number of aromatic nitrogens is 1. The van der Waals surface area contributed by atoms with Crippen molar-refractivity contribution in [2.75, 3.05) is 6.61 Å². The number of nitrogens with zero attached hydrogens (tertiary/aromatic N) is 1. The number of amides is 1. The monoisotopic (exact) mass is 446 g/mol. The topological polar surface area (TPSA) is 60.3 Å². The van der Waals surface area contributed by atoms with Crippen LogP contribution < -0.4 is 5.32 Å². The molecule has 8 heteroatoms. The van der Waals surface area contributed by atoms with E-state index < -0.39 is 0 Å². The van der Waals surface area contributed by atoms with Crippen molar-refractivity contribution < 1.29 is 14.3 Å². The quantitative estimate of drug-likeness (QED) is 0.419. The molecule has 152 valence electrons. The predicted octanol–water partition coefficient (Wildman–Crippen LogP) is 4.70. The molecule has 0 atom stereocenters. The number of aryl methyl sites for hydroxylation is 2. The molecule has 0 spiro atoms. The Hall–Kier alpha value is -1.90. The van der Waals surface area contributed by atoms with E-state index in [1.807, 2.05) is 32.9 Å². The van der Waals surface area contributed by atoms with E-state index in [9.17, 15) is 9.59 Å². The highest BCUT2D eigenvalue weighted by Crippen LogP contribution is 2.39. The smallest absolute Gasteiger partial charge is 0.341 e. The maximum atomic E-state index is 12.8. The Bertz CT molecular complexity index is 1060. The molecule has 1 saturated heterocycles. The van der Waals surface area contributed by atoms with Gasteiger partial charge in [0.25, 0.3) is 5.91 Å². The zero-order valence-corrected chi connectivity index (χ0v) is 19.0. The molecule has 2 aromatic heterocycles. The average molecular weight is 447 g/mol. The minimum atomic E-state index is -0.245. The lowest BCUT2D eigenvalue weighted by molar-refractivity contribution is -0.115. The van der Waals surface area contributed by atoms with Crippen LogP contribution in [0.4, 0.5) is 0 Å². The molecule has 1 amide bonds. The minimum Gasteiger partial charge on any atom is -0.462 e. The summed E-state index contributed by atoms with van der Waals surface area (Å²) in [6, 6.07) is 2.05. The van der Waals surface area contributed by atoms with Crippen LogP contribution in [0.1, 0.15) is 57.5 Å². The number of thioether (sulfide) groups is 1. The van der Waals surface area contributed by atoms with E-state index in [1.54, 1.807) is 11.3 Å². The van der Waals surface area contributed by atoms with Crippen LogP contribution in [-0.4, -0.2) is 27.4 Å². The highest BCUT2D eigenvalue weighted by molar-refractivity contribution is 8.26. The number of fused-ring (bicyclic) bond motifs is 1. The van der Waals surface area contributed by atoms with Gasteiger partial charge in [-0.3, -0.25) is 4.79 Å². The number of thiophene rings is 1. The van der Waals surface area contributed by atoms with Crippen molar-refractivity contribution in [2.24, 2.45) is 0 Å². The molecule has 29 heavy (non-hydrogen) atoms. The van der Waals surface area contributed by atoms with Gasteiger partial charge >= 0.3 is 5.97 Å². The van der Waals surface area contributed by atoms with Gasteiger partial charge in [-0.15, -0.1) is 11.3 Å². The third-order valence-corrected chi connectivity index (χ3v) is 7.67. The van der Waals surface area contributed by atoms with Crippen LogP contribution in [0.3, 0.4) is 0 Å². The SMILES string of the molecule is CCOC(=O)c1c(-n2c(C)cc(C=C3SC(=S)NC3=O)c2C)sc2c1CCCC2. The molecule has 1 fully saturated rings. The molecule has 1 aliphatic carbocycles. The summed E-state index contributed by atoms with van der Waals surface area (Å²) in [4.78, 5) is 26.8. The Labute approximate surface area is 183 Å². The van der Waals surface area contributed by atoms with E-state index in [2.05, 4.69) is 9.88 Å². The lowest BCUT2D eigenvalue weighted by Gasteiger charge is -2.13. The van der Waals surface area contributed by atoms with Gasteiger partial charge in [0, 0.05) is 16.3 Å². The lowest BCUT2D eigenvalue weighted by atomic mass is 9.95. The predicted molar refractivity (Wildman–Crippen MR) is 122 cm³/mol. The van der Waals surface area contributed by atoms with E-state index in [-0.39, 0.29) is 11.9 Å². The Morgan fingerprint density at radius 3 is 2.79 bits per heavy atom. The summed E-state index contributed by atoms with van der Waals surface area (Å²) in [5.41, 5.74) is 4.82. The van der Waals surface area contributed by atoms with Crippen LogP contribution in [0.25, 0.3) is 11.1 Å². The molecule has 0 saturated carbocycles. The highest BCUT2D eigenvalue weighted by atomic mass is 32.2. The summed E-state index contributed by atoms with van der Waals surface area (Å²) in [6.07, 6.45) is 6.06. The maximum Gasteiger partial charge on any atom is 0.341 e. The van der Waals surface area contributed by atoms with E-state index >= 15 is 0 Å². The largest absolute Gasteiger partial charge is 0.462 e. The highest BCUT2D eigenvalue weighted by Gasteiger charge is 2.29. The van der Waals surface area contributed by atoms with Crippen molar-refractivity contribution in [2.45, 2.75) is 46.5 Å². The summed E-state index contributed by atoms with van der Waals surface area (Å²) in [5, 5.41) is 3.58. The van der Waals surface area contributed by atoms with Gasteiger partial charge in [-0.25, -0.2) is 4.79 Å². The first-order chi connectivity index (χ1) is 13.9. The fourth-order valence-corrected chi connectivity index (χ4v) is 6.45. The van der Waals surface area contributed by atoms with Gasteiger partial charge in [0.1, 0.15) is 9.32 Å². The number of carbonyl (C=O) groups is 2. The lowest BCUT2D eigenvalue weighted by Crippen LogP contribution is -2.17. The van der Waals surface area contributed by atoms with Crippen molar-refractivity contribution in [1.82, 2.24) is 9.88 Å². The second-order valence-electron chi connectivity index (χ2n) is 7.13. The summed E-state index contributed by atoms with van der Waals surface area (Å²) < 4.78 is 8.01. The first-order valence-corrected chi connectivity index (χ1v) is 11.7. The van der Waals surface area contributed by atoms with Crippen molar-refractivity contribution >= 4 is 57.6 Å². The third-order valence-electron chi connectivity index (χ3n) is 5.23. The number of rotatable bonds is 4. The van der Waals surface area contributed by atoms with E-state index in [0.29, 0.717) is 21.4 Å². The van der Waals surface area contributed by atoms with Gasteiger partial charge in [-0.2, -0.15) is 0 Å². The van der Waals surface area contributed by atoms with Gasteiger partial charge in [-0.05, 0) is 69.7 Å². The van der Waals surface area contributed by atoms with Crippen molar-refractivity contribution in [1.29, 1.82) is 0 Å². The van der Waals surface area contributed by atoms with Gasteiger partial charge in [0.2, 0.25) is 0 Å². The number of nitrogens with one attached hydrogen (secondary N) is 1. The normalized spacial score (nSPS) is 17.6. The molecule has 5 nitrogen and oxygen atoms in total. The van der Waals surface area contributed by atoms with Crippen LogP contribution >= 0.6 is 35.3 Å². The zero-order valence-electron chi connectivity index (χ0n) is 16.6. The van der Waals surface area contributed by atoms with Crippen LogP contribution in [-0.2, 0) is 22.4 Å². The number of esters is 1. The Morgan fingerprint density at radius 1 is 1.34 bits per heavy atom. The van der Waals surface area contributed by atoms with Crippen LogP contribution in [0.15, 0.2) is 11.0 Å². The number of carbonyl (C=O) groups excluding carboxylic acids is 2. The maximum absolute atomic E-state index is 12.8. The summed E-state index contributed by atoms with van der Waals surface area (Å²) in [7, 11) is 0. The summed E-state index contributed by atoms with van der Waals surface area (Å²) in [5.74, 6) is -0.408. The van der Waals surface area contributed by atoms with Gasteiger partial charge in [0.05, 0.1) is 17.1 Å². The fraction of sp³-hybridized carbons (Fsp3) is 0.381. The second-order valence-corrected chi connectivity index (χ2v) is 9.93. The molecule has 2 aromatic rings. The van der Waals surface area contributed by atoms with Crippen molar-refractivity contribution in [3.63, 3.8) is 0 Å². The number of thiocarbonyl (C=S) groups is 1. The Balaban J connectivity index is 1.84. The fourth-order valence-electron chi connectivity index (χ4n) is 3.93. The molecule has 3 heterocycles. The van der Waals surface area contributed by atoms with Crippen molar-refractivity contribution in [3.8, 4) is 5.00 Å². The standard InChI is InChI=1S/C21H22N2O3S3/c1-4-26-20(25)17-14-7-5-6-8-15(14)28-19(17)23-11(2)9-13(12(23)3)10-16-18(24)22-21(27)29-16/h9-10H,4-8H2,1-3H3,(H,22,24,27). The second kappa shape index (κ2) is 8.08. The Morgan fingerprint density at radius 2 is 2.10 bits per heavy atom. The average Bonchev–Trinajstić information content (AvgIpc) is 3.28. The summed E-state index contributed by atoms with van der Waals surface area (Å²) in [6.45, 7) is 6.23. The van der Waals surface area contributed by atoms with Gasteiger partial charge in [0.15, 0.2) is 0 Å². The van der Waals surface area contributed by atoms with Crippen molar-refractivity contribution in [3.05, 3.63) is 43.9 Å². The Kier molecular flexibility index (Phi) is 5.68. The minimum absolute atomic E-state index is 0.163.